The molecule has 1 atom stereocenters. The average Bonchev–Trinajstić information content (AvgIpc) is 3.17. The van der Waals surface area contributed by atoms with E-state index in [1.807, 2.05) is 17.8 Å². The van der Waals surface area contributed by atoms with Crippen LogP contribution in [0.4, 0.5) is 0 Å². The van der Waals surface area contributed by atoms with Crippen LogP contribution in [0.2, 0.25) is 0 Å². The summed E-state index contributed by atoms with van der Waals surface area (Å²) in [5.41, 5.74) is 0. The Labute approximate surface area is 136 Å². The molecule has 1 fully saturated rings. The lowest BCUT2D eigenvalue weighted by Crippen LogP contribution is -2.35. The first-order chi connectivity index (χ1) is 11.2. The van der Waals surface area contributed by atoms with E-state index >= 15 is 0 Å². The van der Waals surface area contributed by atoms with Gasteiger partial charge in [0.1, 0.15) is 11.9 Å². The molecule has 23 heavy (non-hydrogen) atoms. The minimum absolute atomic E-state index is 0.258. The molecule has 7 nitrogen and oxygen atoms in total. The van der Waals surface area contributed by atoms with Gasteiger partial charge in [0.15, 0.2) is 5.82 Å². The van der Waals surface area contributed by atoms with Gasteiger partial charge in [0.2, 0.25) is 5.89 Å². The van der Waals surface area contributed by atoms with Crippen LogP contribution >= 0.6 is 0 Å². The molecule has 1 unspecified atom stereocenters. The molecule has 0 aliphatic carbocycles. The topological polar surface area (TPSA) is 80.2 Å². The molecule has 2 aromatic rings. The fraction of sp³-hybridized carbons (Fsp3) is 0.688. The molecule has 126 valence electrons. The number of piperidine rings is 1. The number of nitrogens with zero attached hydrogens (tertiary/aromatic N) is 5. The van der Waals surface area contributed by atoms with Gasteiger partial charge in [-0.25, -0.2) is 4.98 Å². The second-order valence-electron chi connectivity index (χ2n) is 6.31. The largest absolute Gasteiger partial charge is 0.385 e. The summed E-state index contributed by atoms with van der Waals surface area (Å²) in [5, 5.41) is 14.6. The maximum atomic E-state index is 10.5. The molecule has 7 heteroatoms. The third-order valence-corrected chi connectivity index (χ3v) is 4.54. The van der Waals surface area contributed by atoms with Crippen LogP contribution in [0.25, 0.3) is 0 Å². The van der Waals surface area contributed by atoms with Gasteiger partial charge in [0.25, 0.3) is 0 Å². The van der Waals surface area contributed by atoms with Crippen molar-refractivity contribution in [2.75, 3.05) is 13.1 Å². The summed E-state index contributed by atoms with van der Waals surface area (Å²) in [7, 11) is 1.92. The lowest BCUT2D eigenvalue weighted by atomic mass is 9.90. The molecule has 3 heterocycles. The molecule has 1 saturated heterocycles. The Balaban J connectivity index is 1.51. The molecule has 0 radical (unpaired) electrons. The van der Waals surface area contributed by atoms with Crippen LogP contribution in [0.5, 0.6) is 0 Å². The predicted molar refractivity (Wildman–Crippen MR) is 84.5 cm³/mol. The molecular formula is C16H25N5O2. The zero-order chi connectivity index (χ0) is 16.2. The molecule has 0 amide bonds. The lowest BCUT2D eigenvalue weighted by Gasteiger charge is -2.33. The Morgan fingerprint density at radius 1 is 1.39 bits per heavy atom. The number of aryl methyl sites for hydroxylation is 2. The van der Waals surface area contributed by atoms with Crippen molar-refractivity contribution in [2.45, 2.75) is 45.3 Å². The fourth-order valence-corrected chi connectivity index (χ4v) is 3.17. The molecule has 0 spiro atoms. The Hall–Kier alpha value is -1.73. The number of hydrogen-bond donors (Lipinski definition) is 1. The van der Waals surface area contributed by atoms with Gasteiger partial charge in [0, 0.05) is 25.9 Å². The number of hydrogen-bond acceptors (Lipinski definition) is 6. The molecule has 3 rings (SSSR count). The quantitative estimate of drug-likeness (QED) is 0.873. The number of aliphatic hydroxyl groups excluding tert-OH is 1. The first kappa shape index (κ1) is 16.1. The van der Waals surface area contributed by atoms with Crippen LogP contribution in [0.15, 0.2) is 16.9 Å². The summed E-state index contributed by atoms with van der Waals surface area (Å²) in [6.45, 7) is 4.69. The van der Waals surface area contributed by atoms with Crippen LogP contribution < -0.4 is 0 Å². The van der Waals surface area contributed by atoms with Crippen LogP contribution in [-0.4, -0.2) is 42.8 Å². The highest BCUT2D eigenvalue weighted by atomic mass is 16.5. The highest BCUT2D eigenvalue weighted by molar-refractivity contribution is 4.99. The van der Waals surface area contributed by atoms with Crippen molar-refractivity contribution in [3.8, 4) is 0 Å². The van der Waals surface area contributed by atoms with Crippen molar-refractivity contribution < 1.29 is 9.63 Å². The number of aromatic nitrogens is 4. The lowest BCUT2D eigenvalue weighted by molar-refractivity contribution is 0.0484. The monoisotopic (exact) mass is 319 g/mol. The van der Waals surface area contributed by atoms with Crippen LogP contribution in [0.3, 0.4) is 0 Å². The fourth-order valence-electron chi connectivity index (χ4n) is 3.17. The van der Waals surface area contributed by atoms with Gasteiger partial charge in [-0.15, -0.1) is 0 Å². The van der Waals surface area contributed by atoms with Crippen LogP contribution in [0, 0.1) is 5.92 Å². The van der Waals surface area contributed by atoms with Gasteiger partial charge >= 0.3 is 0 Å². The molecule has 0 aromatic carbocycles. The van der Waals surface area contributed by atoms with E-state index in [0.29, 0.717) is 0 Å². The number of imidazole rings is 1. The maximum absolute atomic E-state index is 10.5. The van der Waals surface area contributed by atoms with Crippen molar-refractivity contribution >= 4 is 0 Å². The van der Waals surface area contributed by atoms with Crippen molar-refractivity contribution in [1.82, 2.24) is 24.6 Å². The molecule has 0 saturated carbocycles. The van der Waals surface area contributed by atoms with Gasteiger partial charge in [-0.3, -0.25) is 4.90 Å². The standard InChI is InChI=1S/C16H25N5O2/c1-3-4-14-18-13(19-23-14)11-21-8-5-12(6-9-21)15(22)16-17-7-10-20(16)2/h7,10,12,15,22H,3-6,8-9,11H2,1-2H3. The van der Waals surface area contributed by atoms with Crippen molar-refractivity contribution in [2.24, 2.45) is 13.0 Å². The van der Waals surface area contributed by atoms with Crippen LogP contribution in [0.1, 0.15) is 49.8 Å². The highest BCUT2D eigenvalue weighted by Gasteiger charge is 2.28. The minimum atomic E-state index is -0.488. The number of likely N-dealkylation sites (tertiary alicyclic amines) is 1. The zero-order valence-corrected chi connectivity index (χ0v) is 13.9. The highest BCUT2D eigenvalue weighted by Crippen LogP contribution is 2.30. The molecule has 1 N–H and O–H groups in total. The first-order valence-electron chi connectivity index (χ1n) is 8.36. The SMILES string of the molecule is CCCc1nc(CN2CCC(C(O)c3nccn3C)CC2)no1. The summed E-state index contributed by atoms with van der Waals surface area (Å²) in [4.78, 5) is 11.0. The smallest absolute Gasteiger partial charge is 0.226 e. The van der Waals surface area contributed by atoms with E-state index in [2.05, 4.69) is 26.9 Å². The van der Waals surface area contributed by atoms with Gasteiger partial charge in [-0.2, -0.15) is 4.98 Å². The third kappa shape index (κ3) is 3.79. The van der Waals surface area contributed by atoms with E-state index in [-0.39, 0.29) is 5.92 Å². The van der Waals surface area contributed by atoms with Gasteiger partial charge in [-0.05, 0) is 38.3 Å². The molecule has 1 aliphatic rings. The van der Waals surface area contributed by atoms with E-state index in [1.165, 1.54) is 0 Å². The summed E-state index contributed by atoms with van der Waals surface area (Å²) < 4.78 is 7.12. The van der Waals surface area contributed by atoms with Gasteiger partial charge in [-0.1, -0.05) is 12.1 Å². The molecular weight excluding hydrogens is 294 g/mol. The molecule has 2 aromatic heterocycles. The number of aliphatic hydroxyl groups is 1. The van der Waals surface area contributed by atoms with Gasteiger partial charge in [0.05, 0.1) is 6.54 Å². The maximum Gasteiger partial charge on any atom is 0.226 e. The Morgan fingerprint density at radius 3 is 2.83 bits per heavy atom. The zero-order valence-electron chi connectivity index (χ0n) is 13.9. The van der Waals surface area contributed by atoms with Gasteiger partial charge < -0.3 is 14.2 Å². The van der Waals surface area contributed by atoms with Crippen molar-refractivity contribution in [1.29, 1.82) is 0 Å². The Morgan fingerprint density at radius 2 is 2.17 bits per heavy atom. The molecule has 1 aliphatic heterocycles. The summed E-state index contributed by atoms with van der Waals surface area (Å²) in [6, 6.07) is 0. The normalized spacial score (nSPS) is 18.4. The third-order valence-electron chi connectivity index (χ3n) is 4.54. The van der Waals surface area contributed by atoms with Crippen molar-refractivity contribution in [3.63, 3.8) is 0 Å². The summed E-state index contributed by atoms with van der Waals surface area (Å²) in [5.74, 6) is 2.50. The molecule has 0 bridgehead atoms. The van der Waals surface area contributed by atoms with E-state index in [0.717, 1.165) is 62.9 Å². The van der Waals surface area contributed by atoms with E-state index < -0.39 is 6.10 Å². The Kier molecular flexibility index (Phi) is 5.07. The summed E-state index contributed by atoms with van der Waals surface area (Å²) >= 11 is 0. The minimum Gasteiger partial charge on any atom is -0.385 e. The second kappa shape index (κ2) is 7.23. The predicted octanol–water partition coefficient (Wildman–Crippen LogP) is 1.70. The van der Waals surface area contributed by atoms with E-state index in [9.17, 15) is 5.11 Å². The second-order valence-corrected chi connectivity index (χ2v) is 6.31. The van der Waals surface area contributed by atoms with E-state index in [1.54, 1.807) is 6.20 Å². The van der Waals surface area contributed by atoms with E-state index in [4.69, 9.17) is 4.52 Å². The average molecular weight is 319 g/mol. The van der Waals surface area contributed by atoms with Crippen LogP contribution in [-0.2, 0) is 20.0 Å². The van der Waals surface area contributed by atoms with Crippen molar-refractivity contribution in [3.05, 3.63) is 29.9 Å². The number of rotatable bonds is 6. The Bertz CT molecular complexity index is 616. The summed E-state index contributed by atoms with van der Waals surface area (Å²) in [6.07, 6.45) is 6.87. The first-order valence-corrected chi connectivity index (χ1v) is 8.36.